The molecule has 0 unspecified atom stereocenters. The highest BCUT2D eigenvalue weighted by atomic mass is 19.1. The third-order valence-electron chi connectivity index (χ3n) is 4.22. The van der Waals surface area contributed by atoms with Gasteiger partial charge in [-0.2, -0.15) is 0 Å². The summed E-state index contributed by atoms with van der Waals surface area (Å²) in [6.45, 7) is 0. The highest BCUT2D eigenvalue weighted by Gasteiger charge is 2.07. The lowest BCUT2D eigenvalue weighted by Gasteiger charge is -2.13. The van der Waals surface area contributed by atoms with Crippen molar-refractivity contribution < 1.29 is 4.39 Å². The number of rotatable bonds is 4. The Kier molecular flexibility index (Phi) is 4.19. The Labute approximate surface area is 151 Å². The largest absolute Gasteiger partial charge is 0.355 e. The molecule has 4 nitrogen and oxygen atoms in total. The number of anilines is 2. The van der Waals surface area contributed by atoms with Crippen LogP contribution in [0.2, 0.25) is 0 Å². The van der Waals surface area contributed by atoms with E-state index in [-0.39, 0.29) is 5.82 Å². The number of aromatic nitrogens is 3. The third-order valence-corrected chi connectivity index (χ3v) is 4.22. The standard InChI is InChI=1S/C21H17FN4/c1-26-14-23-25-21(26)16-8-12-18(13-9-16)24-20-5-3-2-4-19(20)15-6-10-17(22)11-7-15/h2-14,24H,1H3. The van der Waals surface area contributed by atoms with Crippen LogP contribution in [0.25, 0.3) is 22.5 Å². The highest BCUT2D eigenvalue weighted by Crippen LogP contribution is 2.31. The maximum absolute atomic E-state index is 13.2. The Bertz CT molecular complexity index is 1020. The summed E-state index contributed by atoms with van der Waals surface area (Å²) in [5.74, 6) is 0.585. The lowest BCUT2D eigenvalue weighted by molar-refractivity contribution is 0.628. The zero-order valence-electron chi connectivity index (χ0n) is 14.2. The molecule has 0 amide bonds. The number of hydrogen-bond donors (Lipinski definition) is 1. The van der Waals surface area contributed by atoms with Crippen LogP contribution in [-0.2, 0) is 7.05 Å². The quantitative estimate of drug-likeness (QED) is 0.564. The van der Waals surface area contributed by atoms with Gasteiger partial charge in [-0.05, 0) is 48.0 Å². The fourth-order valence-electron chi connectivity index (χ4n) is 2.88. The maximum atomic E-state index is 13.2. The first-order valence-electron chi connectivity index (χ1n) is 8.27. The van der Waals surface area contributed by atoms with Crippen LogP contribution in [0.1, 0.15) is 0 Å². The third kappa shape index (κ3) is 3.19. The van der Waals surface area contributed by atoms with Crippen LogP contribution in [0.3, 0.4) is 0 Å². The molecule has 5 heteroatoms. The van der Waals surface area contributed by atoms with Gasteiger partial charge in [-0.1, -0.05) is 30.3 Å². The van der Waals surface area contributed by atoms with Gasteiger partial charge in [0.2, 0.25) is 0 Å². The van der Waals surface area contributed by atoms with E-state index in [1.54, 1.807) is 18.5 Å². The van der Waals surface area contributed by atoms with Gasteiger partial charge in [-0.15, -0.1) is 10.2 Å². The molecule has 0 saturated carbocycles. The summed E-state index contributed by atoms with van der Waals surface area (Å²) in [4.78, 5) is 0. The van der Waals surface area contributed by atoms with Gasteiger partial charge < -0.3 is 9.88 Å². The van der Waals surface area contributed by atoms with Gasteiger partial charge in [0.15, 0.2) is 5.82 Å². The van der Waals surface area contributed by atoms with E-state index in [1.807, 2.05) is 60.1 Å². The van der Waals surface area contributed by atoms with Crippen molar-refractivity contribution in [2.24, 2.45) is 7.05 Å². The van der Waals surface area contributed by atoms with Crippen LogP contribution >= 0.6 is 0 Å². The minimum absolute atomic E-state index is 0.237. The Morgan fingerprint density at radius 2 is 1.54 bits per heavy atom. The molecule has 26 heavy (non-hydrogen) atoms. The lowest BCUT2D eigenvalue weighted by Crippen LogP contribution is -1.95. The van der Waals surface area contributed by atoms with Crippen molar-refractivity contribution in [1.82, 2.24) is 14.8 Å². The van der Waals surface area contributed by atoms with E-state index in [4.69, 9.17) is 0 Å². The van der Waals surface area contributed by atoms with Gasteiger partial charge in [0.25, 0.3) is 0 Å². The zero-order valence-corrected chi connectivity index (χ0v) is 14.2. The van der Waals surface area contributed by atoms with Crippen LogP contribution in [0, 0.1) is 5.82 Å². The first kappa shape index (κ1) is 16.0. The maximum Gasteiger partial charge on any atom is 0.163 e. The smallest absolute Gasteiger partial charge is 0.163 e. The molecular weight excluding hydrogens is 327 g/mol. The predicted molar refractivity (Wildman–Crippen MR) is 102 cm³/mol. The number of nitrogens with zero attached hydrogens (tertiary/aromatic N) is 3. The normalized spacial score (nSPS) is 10.7. The second-order valence-corrected chi connectivity index (χ2v) is 6.02. The van der Waals surface area contributed by atoms with E-state index in [9.17, 15) is 4.39 Å². The summed E-state index contributed by atoms with van der Waals surface area (Å²) < 4.78 is 15.1. The second kappa shape index (κ2) is 6.80. The average Bonchev–Trinajstić information content (AvgIpc) is 3.10. The Balaban J connectivity index is 1.62. The number of nitrogens with one attached hydrogen (secondary N) is 1. The molecule has 128 valence electrons. The summed E-state index contributed by atoms with van der Waals surface area (Å²) in [7, 11) is 1.92. The van der Waals surface area contributed by atoms with Crippen molar-refractivity contribution in [2.75, 3.05) is 5.32 Å². The van der Waals surface area contributed by atoms with E-state index in [1.165, 1.54) is 12.1 Å². The molecule has 0 radical (unpaired) electrons. The highest BCUT2D eigenvalue weighted by molar-refractivity contribution is 5.81. The number of para-hydroxylation sites is 1. The van der Waals surface area contributed by atoms with E-state index in [0.29, 0.717) is 0 Å². The lowest BCUT2D eigenvalue weighted by atomic mass is 10.0. The molecule has 1 heterocycles. The summed E-state index contributed by atoms with van der Waals surface area (Å²) >= 11 is 0. The van der Waals surface area contributed by atoms with Gasteiger partial charge in [0.1, 0.15) is 12.1 Å². The number of halogens is 1. The number of aryl methyl sites for hydroxylation is 1. The monoisotopic (exact) mass is 344 g/mol. The molecule has 0 bridgehead atoms. The summed E-state index contributed by atoms with van der Waals surface area (Å²) in [6, 6.07) is 22.5. The number of benzene rings is 3. The van der Waals surface area contributed by atoms with Gasteiger partial charge in [0.05, 0.1) is 0 Å². The Hall–Kier alpha value is -3.47. The van der Waals surface area contributed by atoms with Crippen molar-refractivity contribution in [1.29, 1.82) is 0 Å². The molecular formula is C21H17FN4. The van der Waals surface area contributed by atoms with Crippen LogP contribution in [0.4, 0.5) is 15.8 Å². The fourth-order valence-corrected chi connectivity index (χ4v) is 2.88. The van der Waals surface area contributed by atoms with Crippen molar-refractivity contribution in [3.63, 3.8) is 0 Å². The molecule has 0 spiro atoms. The molecule has 0 saturated heterocycles. The number of hydrogen-bond acceptors (Lipinski definition) is 3. The Morgan fingerprint density at radius 1 is 0.846 bits per heavy atom. The molecule has 0 aliphatic heterocycles. The van der Waals surface area contributed by atoms with Crippen molar-refractivity contribution in [2.45, 2.75) is 0 Å². The van der Waals surface area contributed by atoms with E-state index >= 15 is 0 Å². The van der Waals surface area contributed by atoms with Gasteiger partial charge >= 0.3 is 0 Å². The SMILES string of the molecule is Cn1cnnc1-c1ccc(Nc2ccccc2-c2ccc(F)cc2)cc1. The van der Waals surface area contributed by atoms with Crippen LogP contribution in [0.15, 0.2) is 79.1 Å². The summed E-state index contributed by atoms with van der Waals surface area (Å²) in [5.41, 5.74) is 4.91. The van der Waals surface area contributed by atoms with E-state index in [0.717, 1.165) is 33.9 Å². The van der Waals surface area contributed by atoms with Crippen LogP contribution in [0.5, 0.6) is 0 Å². The van der Waals surface area contributed by atoms with Crippen molar-refractivity contribution in [3.05, 3.63) is 84.9 Å². The van der Waals surface area contributed by atoms with E-state index < -0.39 is 0 Å². The minimum atomic E-state index is -0.237. The first-order chi connectivity index (χ1) is 12.7. The first-order valence-corrected chi connectivity index (χ1v) is 8.27. The van der Waals surface area contributed by atoms with Gasteiger partial charge in [-0.3, -0.25) is 0 Å². The van der Waals surface area contributed by atoms with Crippen LogP contribution < -0.4 is 5.32 Å². The molecule has 0 atom stereocenters. The zero-order chi connectivity index (χ0) is 17.9. The van der Waals surface area contributed by atoms with Gasteiger partial charge in [-0.25, -0.2) is 4.39 Å². The Morgan fingerprint density at radius 3 is 2.23 bits per heavy atom. The fraction of sp³-hybridized carbons (Fsp3) is 0.0476. The average molecular weight is 344 g/mol. The molecule has 0 aliphatic rings. The van der Waals surface area contributed by atoms with Gasteiger partial charge in [0, 0.05) is 29.5 Å². The topological polar surface area (TPSA) is 42.7 Å². The van der Waals surface area contributed by atoms with E-state index in [2.05, 4.69) is 15.5 Å². The molecule has 4 rings (SSSR count). The van der Waals surface area contributed by atoms with Crippen molar-refractivity contribution in [3.8, 4) is 22.5 Å². The van der Waals surface area contributed by atoms with Crippen LogP contribution in [-0.4, -0.2) is 14.8 Å². The summed E-state index contributed by atoms with van der Waals surface area (Å²) in [5, 5.41) is 11.5. The molecule has 4 aromatic rings. The molecule has 0 fully saturated rings. The molecule has 0 aliphatic carbocycles. The summed E-state index contributed by atoms with van der Waals surface area (Å²) in [6.07, 6.45) is 1.68. The molecule has 3 aromatic carbocycles. The second-order valence-electron chi connectivity index (χ2n) is 6.02. The predicted octanol–water partition coefficient (Wildman–Crippen LogP) is 5.03. The van der Waals surface area contributed by atoms with Crippen molar-refractivity contribution >= 4 is 11.4 Å². The molecule has 1 aromatic heterocycles. The molecule has 1 N–H and O–H groups in total. The minimum Gasteiger partial charge on any atom is -0.355 e.